The largest absolute Gasteiger partial charge is 0.494 e. The molecule has 0 unspecified atom stereocenters. The van der Waals surface area contributed by atoms with Crippen LogP contribution < -0.4 is 15.4 Å². The van der Waals surface area contributed by atoms with Crippen LogP contribution in [-0.4, -0.2) is 38.9 Å². The summed E-state index contributed by atoms with van der Waals surface area (Å²) in [6, 6.07) is 13.1. The highest BCUT2D eigenvalue weighted by atomic mass is 32.2. The van der Waals surface area contributed by atoms with Crippen LogP contribution in [0.5, 0.6) is 5.75 Å². The fourth-order valence-electron chi connectivity index (χ4n) is 3.29. The molecule has 0 radical (unpaired) electrons. The highest BCUT2D eigenvalue weighted by Gasteiger charge is 2.16. The average Bonchev–Trinajstić information content (AvgIpc) is 3.17. The van der Waals surface area contributed by atoms with Crippen LogP contribution in [0, 0.1) is 13.8 Å². The number of hydrogen-bond acceptors (Lipinski definition) is 6. The van der Waals surface area contributed by atoms with Crippen molar-refractivity contribution in [1.29, 1.82) is 0 Å². The third-order valence-corrected chi connectivity index (χ3v) is 5.83. The molecule has 1 heterocycles. The normalized spacial score (nSPS) is 10.7. The molecule has 0 aliphatic carbocycles. The van der Waals surface area contributed by atoms with Gasteiger partial charge in [-0.1, -0.05) is 29.5 Å². The van der Waals surface area contributed by atoms with Gasteiger partial charge in [0.05, 0.1) is 18.8 Å². The fraction of sp³-hybridized carbons (Fsp3) is 0.333. The smallest absolute Gasteiger partial charge is 0.234 e. The maximum atomic E-state index is 12.6. The molecule has 0 atom stereocenters. The molecule has 0 aliphatic rings. The summed E-state index contributed by atoms with van der Waals surface area (Å²) in [5, 5.41) is 14.8. The number of anilines is 2. The zero-order chi connectivity index (χ0) is 23.8. The van der Waals surface area contributed by atoms with E-state index in [1.54, 1.807) is 12.1 Å². The number of nitrogens with zero attached hydrogens (tertiary/aromatic N) is 3. The molecule has 2 aromatic carbocycles. The number of aromatic nitrogens is 3. The third-order valence-electron chi connectivity index (χ3n) is 4.87. The topological polar surface area (TPSA) is 98.1 Å². The van der Waals surface area contributed by atoms with Crippen LogP contribution >= 0.6 is 11.8 Å². The molecule has 2 amide bonds. The van der Waals surface area contributed by atoms with Crippen LogP contribution in [0.25, 0.3) is 0 Å². The third kappa shape index (κ3) is 6.82. The van der Waals surface area contributed by atoms with E-state index in [4.69, 9.17) is 4.74 Å². The minimum atomic E-state index is -0.158. The second kappa shape index (κ2) is 11.5. The standard InChI is InChI=1S/C24H29N5O3S/c1-5-29-21(14-22(30)26-20-12-7-16(3)13-17(20)4)27-28-24(29)33-15-23(31)25-18-8-10-19(11-9-18)32-6-2/h7-13H,5-6,14-15H2,1-4H3,(H,25,31)(H,26,30). The van der Waals surface area contributed by atoms with Crippen molar-refractivity contribution < 1.29 is 14.3 Å². The highest BCUT2D eigenvalue weighted by Crippen LogP contribution is 2.20. The molecule has 3 rings (SSSR count). The Hall–Kier alpha value is -3.33. The Morgan fingerprint density at radius 1 is 1.00 bits per heavy atom. The molecule has 0 saturated heterocycles. The average molecular weight is 468 g/mol. The van der Waals surface area contributed by atoms with E-state index in [-0.39, 0.29) is 24.0 Å². The van der Waals surface area contributed by atoms with Crippen molar-refractivity contribution in [3.8, 4) is 5.75 Å². The Bertz CT molecular complexity index is 1110. The van der Waals surface area contributed by atoms with Gasteiger partial charge in [0.2, 0.25) is 11.8 Å². The molecule has 9 heteroatoms. The van der Waals surface area contributed by atoms with E-state index in [0.717, 1.165) is 22.6 Å². The molecule has 174 valence electrons. The first-order chi connectivity index (χ1) is 15.9. The van der Waals surface area contributed by atoms with Crippen LogP contribution in [0.2, 0.25) is 0 Å². The van der Waals surface area contributed by atoms with E-state index < -0.39 is 0 Å². The predicted octanol–water partition coefficient (Wildman–Crippen LogP) is 4.23. The summed E-state index contributed by atoms with van der Waals surface area (Å²) in [5.41, 5.74) is 3.64. The lowest BCUT2D eigenvalue weighted by Gasteiger charge is -2.10. The van der Waals surface area contributed by atoms with Gasteiger partial charge >= 0.3 is 0 Å². The van der Waals surface area contributed by atoms with Gasteiger partial charge in [-0.15, -0.1) is 10.2 Å². The monoisotopic (exact) mass is 467 g/mol. The second-order valence-corrected chi connectivity index (χ2v) is 8.42. The van der Waals surface area contributed by atoms with Crippen molar-refractivity contribution in [3.63, 3.8) is 0 Å². The summed E-state index contributed by atoms with van der Waals surface area (Å²) in [6.07, 6.45) is 0.104. The number of aryl methyl sites for hydroxylation is 2. The zero-order valence-electron chi connectivity index (χ0n) is 19.3. The van der Waals surface area contributed by atoms with Gasteiger partial charge in [0.25, 0.3) is 0 Å². The number of rotatable bonds is 10. The molecular formula is C24H29N5O3S. The van der Waals surface area contributed by atoms with Gasteiger partial charge in [-0.05, 0) is 63.6 Å². The molecule has 1 aromatic heterocycles. The first-order valence-corrected chi connectivity index (χ1v) is 11.8. The van der Waals surface area contributed by atoms with Crippen molar-refractivity contribution in [2.24, 2.45) is 0 Å². The van der Waals surface area contributed by atoms with Gasteiger partial charge < -0.3 is 19.9 Å². The Morgan fingerprint density at radius 3 is 2.42 bits per heavy atom. The lowest BCUT2D eigenvalue weighted by Crippen LogP contribution is -2.18. The quantitative estimate of drug-likeness (QED) is 0.433. The zero-order valence-corrected chi connectivity index (χ0v) is 20.2. The van der Waals surface area contributed by atoms with E-state index >= 15 is 0 Å². The molecule has 0 fully saturated rings. The van der Waals surface area contributed by atoms with Crippen molar-refractivity contribution in [1.82, 2.24) is 14.8 Å². The Labute approximate surface area is 198 Å². The van der Waals surface area contributed by atoms with E-state index in [1.165, 1.54) is 11.8 Å². The van der Waals surface area contributed by atoms with Crippen LogP contribution in [-0.2, 0) is 22.6 Å². The number of thioether (sulfide) groups is 1. The van der Waals surface area contributed by atoms with Gasteiger partial charge in [-0.2, -0.15) is 0 Å². The molecular weight excluding hydrogens is 438 g/mol. The molecule has 0 spiro atoms. The van der Waals surface area contributed by atoms with E-state index in [9.17, 15) is 9.59 Å². The minimum Gasteiger partial charge on any atom is -0.494 e. The van der Waals surface area contributed by atoms with E-state index in [0.29, 0.717) is 29.8 Å². The van der Waals surface area contributed by atoms with Gasteiger partial charge in [0.15, 0.2) is 5.16 Å². The lowest BCUT2D eigenvalue weighted by molar-refractivity contribution is -0.116. The number of amides is 2. The number of nitrogens with one attached hydrogen (secondary N) is 2. The predicted molar refractivity (Wildman–Crippen MR) is 131 cm³/mol. The highest BCUT2D eigenvalue weighted by molar-refractivity contribution is 7.99. The first kappa shape index (κ1) is 24.3. The van der Waals surface area contributed by atoms with Gasteiger partial charge in [0.1, 0.15) is 11.6 Å². The van der Waals surface area contributed by atoms with Crippen LogP contribution in [0.3, 0.4) is 0 Å². The maximum absolute atomic E-state index is 12.6. The molecule has 2 N–H and O–H groups in total. The minimum absolute atomic E-state index is 0.104. The summed E-state index contributed by atoms with van der Waals surface area (Å²) in [7, 11) is 0. The number of ether oxygens (including phenoxy) is 1. The Balaban J connectivity index is 1.56. The van der Waals surface area contributed by atoms with Crippen LogP contribution in [0.4, 0.5) is 11.4 Å². The molecule has 33 heavy (non-hydrogen) atoms. The van der Waals surface area contributed by atoms with Crippen molar-refractivity contribution in [2.45, 2.75) is 45.8 Å². The van der Waals surface area contributed by atoms with Gasteiger partial charge in [-0.25, -0.2) is 0 Å². The molecule has 0 saturated carbocycles. The second-order valence-electron chi connectivity index (χ2n) is 7.48. The summed E-state index contributed by atoms with van der Waals surface area (Å²) in [4.78, 5) is 24.9. The number of carbonyl (C=O) groups is 2. The Morgan fingerprint density at radius 2 is 1.76 bits per heavy atom. The molecule has 0 bridgehead atoms. The lowest BCUT2D eigenvalue weighted by atomic mass is 10.1. The molecule has 3 aromatic rings. The first-order valence-electron chi connectivity index (χ1n) is 10.8. The van der Waals surface area contributed by atoms with Gasteiger partial charge in [-0.3, -0.25) is 9.59 Å². The van der Waals surface area contributed by atoms with Crippen molar-refractivity contribution >= 4 is 35.0 Å². The van der Waals surface area contributed by atoms with Crippen LogP contribution in [0.15, 0.2) is 47.6 Å². The summed E-state index contributed by atoms with van der Waals surface area (Å²) < 4.78 is 7.26. The molecule has 8 nitrogen and oxygen atoms in total. The summed E-state index contributed by atoms with van der Waals surface area (Å²) in [5.74, 6) is 1.20. The molecule has 0 aliphatic heterocycles. The van der Waals surface area contributed by atoms with Gasteiger partial charge in [0, 0.05) is 17.9 Å². The van der Waals surface area contributed by atoms with Crippen LogP contribution in [0.1, 0.15) is 30.8 Å². The number of carbonyl (C=O) groups excluding carboxylic acids is 2. The maximum Gasteiger partial charge on any atom is 0.234 e. The summed E-state index contributed by atoms with van der Waals surface area (Å²) >= 11 is 1.29. The van der Waals surface area contributed by atoms with E-state index in [2.05, 4.69) is 20.8 Å². The number of benzene rings is 2. The summed E-state index contributed by atoms with van der Waals surface area (Å²) in [6.45, 7) is 9.05. The van der Waals surface area contributed by atoms with Crippen molar-refractivity contribution in [2.75, 3.05) is 23.0 Å². The SMILES string of the molecule is CCOc1ccc(NC(=O)CSc2nnc(CC(=O)Nc3ccc(C)cc3C)n2CC)cc1. The Kier molecular flexibility index (Phi) is 8.48. The fourth-order valence-corrected chi connectivity index (χ4v) is 4.12. The van der Waals surface area contributed by atoms with E-state index in [1.807, 2.05) is 62.6 Å². The number of hydrogen-bond donors (Lipinski definition) is 2. The van der Waals surface area contributed by atoms with Crippen molar-refractivity contribution in [3.05, 3.63) is 59.4 Å².